The van der Waals surface area contributed by atoms with Crippen molar-refractivity contribution in [2.75, 3.05) is 13.2 Å². The largest absolute Gasteiger partial charge is 0.462 e. The third-order valence-corrected chi connectivity index (χ3v) is 10.5. The molecule has 54 heavy (non-hydrogen) atoms. The van der Waals surface area contributed by atoms with Gasteiger partial charge in [-0.3, -0.25) is 14.4 Å². The Hall–Kier alpha value is -1.85. The predicted octanol–water partition coefficient (Wildman–Crippen LogP) is 15.0. The summed E-state index contributed by atoms with van der Waals surface area (Å²) in [6.45, 7) is 6.61. The van der Waals surface area contributed by atoms with Crippen molar-refractivity contribution in [2.45, 2.75) is 264 Å². The van der Waals surface area contributed by atoms with Crippen LogP contribution in [0.15, 0.2) is 12.2 Å². The first kappa shape index (κ1) is 52.2. The monoisotopic (exact) mass is 763 g/mol. The molecule has 0 saturated heterocycles. The van der Waals surface area contributed by atoms with E-state index in [1.807, 2.05) is 0 Å². The predicted molar refractivity (Wildman–Crippen MR) is 229 cm³/mol. The Labute approximate surface area is 335 Å². The lowest BCUT2D eigenvalue weighted by Gasteiger charge is -2.18. The Bertz CT molecular complexity index is 839. The lowest BCUT2D eigenvalue weighted by atomic mass is 10.0. The molecule has 318 valence electrons. The molecule has 0 aromatic carbocycles. The Morgan fingerprint density at radius 2 is 0.611 bits per heavy atom. The molecule has 0 aromatic rings. The fraction of sp³-hybridized carbons (Fsp3) is 0.896. The number of unbranched alkanes of at least 4 members (excludes halogenated alkanes) is 30. The second-order valence-electron chi connectivity index (χ2n) is 16.0. The van der Waals surface area contributed by atoms with Crippen LogP contribution in [0.5, 0.6) is 0 Å². The number of carbonyl (C=O) groups excluding carboxylic acids is 3. The summed E-state index contributed by atoms with van der Waals surface area (Å²) in [7, 11) is 0. The summed E-state index contributed by atoms with van der Waals surface area (Å²) in [5.41, 5.74) is 0. The number of carbonyl (C=O) groups is 3. The highest BCUT2D eigenvalue weighted by atomic mass is 16.6. The summed E-state index contributed by atoms with van der Waals surface area (Å²) in [6, 6.07) is 0. The highest BCUT2D eigenvalue weighted by Crippen LogP contribution is 2.15. The van der Waals surface area contributed by atoms with Crippen LogP contribution in [0.25, 0.3) is 0 Å². The average Bonchev–Trinajstić information content (AvgIpc) is 3.17. The maximum absolute atomic E-state index is 12.7. The summed E-state index contributed by atoms with van der Waals surface area (Å²) >= 11 is 0. The first-order valence-electron chi connectivity index (χ1n) is 23.7. The van der Waals surface area contributed by atoms with Crippen LogP contribution in [-0.2, 0) is 28.6 Å². The molecule has 0 aliphatic rings. The van der Waals surface area contributed by atoms with E-state index in [2.05, 4.69) is 32.9 Å². The number of hydrogen-bond donors (Lipinski definition) is 0. The van der Waals surface area contributed by atoms with E-state index < -0.39 is 6.10 Å². The summed E-state index contributed by atoms with van der Waals surface area (Å²) in [5.74, 6) is -0.870. The maximum Gasteiger partial charge on any atom is 0.306 e. The van der Waals surface area contributed by atoms with Gasteiger partial charge in [-0.25, -0.2) is 0 Å². The van der Waals surface area contributed by atoms with Gasteiger partial charge in [0.15, 0.2) is 6.10 Å². The molecule has 1 atom stereocenters. The molecule has 0 aromatic heterocycles. The highest BCUT2D eigenvalue weighted by molar-refractivity contribution is 5.71. The average molecular weight is 763 g/mol. The maximum atomic E-state index is 12.7. The smallest absolute Gasteiger partial charge is 0.306 e. The zero-order valence-corrected chi connectivity index (χ0v) is 36.3. The van der Waals surface area contributed by atoms with Crippen molar-refractivity contribution in [3.05, 3.63) is 12.2 Å². The van der Waals surface area contributed by atoms with E-state index in [1.54, 1.807) is 0 Å². The van der Waals surface area contributed by atoms with Gasteiger partial charge in [0.1, 0.15) is 13.2 Å². The Kier molecular flexibility index (Phi) is 42.4. The lowest BCUT2D eigenvalue weighted by Crippen LogP contribution is -2.30. The second kappa shape index (κ2) is 43.9. The molecule has 0 spiro atoms. The van der Waals surface area contributed by atoms with Crippen molar-refractivity contribution < 1.29 is 28.6 Å². The van der Waals surface area contributed by atoms with E-state index in [9.17, 15) is 14.4 Å². The van der Waals surface area contributed by atoms with Crippen LogP contribution in [-0.4, -0.2) is 37.2 Å². The molecule has 0 N–H and O–H groups in total. The van der Waals surface area contributed by atoms with Gasteiger partial charge < -0.3 is 14.2 Å². The van der Waals surface area contributed by atoms with Crippen LogP contribution < -0.4 is 0 Å². The van der Waals surface area contributed by atoms with Crippen LogP contribution in [0.1, 0.15) is 258 Å². The van der Waals surface area contributed by atoms with Crippen LogP contribution in [0.4, 0.5) is 0 Å². The van der Waals surface area contributed by atoms with Crippen molar-refractivity contribution in [2.24, 2.45) is 0 Å². The first-order valence-corrected chi connectivity index (χ1v) is 23.7. The van der Waals surface area contributed by atoms with Crippen LogP contribution >= 0.6 is 0 Å². The highest BCUT2D eigenvalue weighted by Gasteiger charge is 2.19. The molecule has 0 bridgehead atoms. The topological polar surface area (TPSA) is 78.9 Å². The van der Waals surface area contributed by atoms with Crippen molar-refractivity contribution in [3.63, 3.8) is 0 Å². The number of hydrogen-bond acceptors (Lipinski definition) is 6. The molecule has 0 saturated carbocycles. The Morgan fingerprint density at radius 3 is 0.944 bits per heavy atom. The van der Waals surface area contributed by atoms with E-state index >= 15 is 0 Å². The summed E-state index contributed by atoms with van der Waals surface area (Å²) < 4.78 is 16.7. The van der Waals surface area contributed by atoms with E-state index in [4.69, 9.17) is 14.2 Å². The zero-order valence-electron chi connectivity index (χ0n) is 36.3. The van der Waals surface area contributed by atoms with Crippen LogP contribution in [0.2, 0.25) is 0 Å². The Balaban J connectivity index is 4.32. The molecule has 0 aliphatic carbocycles. The molecule has 6 nitrogen and oxygen atoms in total. The fourth-order valence-corrected chi connectivity index (χ4v) is 6.91. The van der Waals surface area contributed by atoms with Crippen LogP contribution in [0, 0.1) is 0 Å². The summed E-state index contributed by atoms with van der Waals surface area (Å²) in [5, 5.41) is 0. The molecular formula is C48H90O6. The van der Waals surface area contributed by atoms with Gasteiger partial charge in [0.2, 0.25) is 0 Å². The molecule has 0 amide bonds. The van der Waals surface area contributed by atoms with Crippen LogP contribution in [0.3, 0.4) is 0 Å². The number of allylic oxidation sites excluding steroid dienone is 2. The normalized spacial score (nSPS) is 12.0. The minimum absolute atomic E-state index is 0.0688. The molecule has 0 radical (unpaired) electrons. The lowest BCUT2D eigenvalue weighted by molar-refractivity contribution is -0.167. The number of esters is 3. The molecule has 6 heteroatoms. The molecule has 0 aliphatic heterocycles. The van der Waals surface area contributed by atoms with Gasteiger partial charge in [0.05, 0.1) is 0 Å². The first-order chi connectivity index (χ1) is 26.5. The zero-order chi connectivity index (χ0) is 39.4. The van der Waals surface area contributed by atoms with Crippen molar-refractivity contribution >= 4 is 17.9 Å². The van der Waals surface area contributed by atoms with E-state index in [1.165, 1.54) is 154 Å². The quantitative estimate of drug-likeness (QED) is 0.0266. The van der Waals surface area contributed by atoms with Gasteiger partial charge in [-0.05, 0) is 44.9 Å². The van der Waals surface area contributed by atoms with Gasteiger partial charge >= 0.3 is 17.9 Å². The molecular weight excluding hydrogens is 673 g/mol. The fourth-order valence-electron chi connectivity index (χ4n) is 6.91. The van der Waals surface area contributed by atoms with Crippen molar-refractivity contribution in [3.8, 4) is 0 Å². The summed E-state index contributed by atoms with van der Waals surface area (Å²) in [4.78, 5) is 37.7. The number of ether oxygens (including phenoxy) is 3. The minimum atomic E-state index is -0.765. The molecule has 0 heterocycles. The summed E-state index contributed by atoms with van der Waals surface area (Å²) in [6.07, 6.45) is 46.2. The van der Waals surface area contributed by atoms with Gasteiger partial charge in [-0.15, -0.1) is 0 Å². The third kappa shape index (κ3) is 41.3. The second-order valence-corrected chi connectivity index (χ2v) is 16.0. The standard InChI is InChI=1S/C48H90O6/c1-4-7-10-13-16-19-21-23-25-26-29-32-35-38-41-47(50)53-44-45(43-52-46(49)40-37-34-31-28-18-15-12-9-6-3)54-48(51)42-39-36-33-30-27-24-22-20-17-14-11-8-5-2/h20,22,45H,4-19,21,23-44H2,1-3H3/b22-20-. The molecule has 0 rings (SSSR count). The molecule has 0 fully saturated rings. The Morgan fingerprint density at radius 1 is 0.352 bits per heavy atom. The van der Waals surface area contributed by atoms with Gasteiger partial charge in [0.25, 0.3) is 0 Å². The van der Waals surface area contributed by atoms with E-state index in [-0.39, 0.29) is 31.1 Å². The van der Waals surface area contributed by atoms with Crippen molar-refractivity contribution in [1.29, 1.82) is 0 Å². The minimum Gasteiger partial charge on any atom is -0.462 e. The van der Waals surface area contributed by atoms with E-state index in [0.29, 0.717) is 19.3 Å². The van der Waals surface area contributed by atoms with Crippen molar-refractivity contribution in [1.82, 2.24) is 0 Å². The van der Waals surface area contributed by atoms with Gasteiger partial charge in [-0.1, -0.05) is 206 Å². The van der Waals surface area contributed by atoms with E-state index in [0.717, 1.165) is 64.2 Å². The van der Waals surface area contributed by atoms with Gasteiger partial charge in [-0.2, -0.15) is 0 Å². The third-order valence-electron chi connectivity index (χ3n) is 10.5. The molecule has 1 unspecified atom stereocenters. The van der Waals surface area contributed by atoms with Gasteiger partial charge in [0, 0.05) is 19.3 Å². The number of rotatable bonds is 43. The SMILES string of the molecule is CCCCCC/C=C\CCCCCCCC(=O)OC(COC(=O)CCCCCCCCCCC)COC(=O)CCCCCCCCCCCCCCCC.